The summed E-state index contributed by atoms with van der Waals surface area (Å²) in [6.45, 7) is 6.53. The van der Waals surface area contributed by atoms with Crippen molar-refractivity contribution in [2.75, 3.05) is 17.2 Å². The van der Waals surface area contributed by atoms with Crippen LogP contribution in [0, 0.1) is 18.3 Å². The summed E-state index contributed by atoms with van der Waals surface area (Å²) in [7, 11) is 0. The Morgan fingerprint density at radius 1 is 1.22 bits per heavy atom. The Hall–Kier alpha value is -4.20. The zero-order chi connectivity index (χ0) is 26.7. The number of rotatable bonds is 6. The molecule has 1 aliphatic carbocycles. The van der Waals surface area contributed by atoms with E-state index in [1.54, 1.807) is 19.9 Å². The molecule has 36 heavy (non-hydrogen) atoms. The molecule has 8 nitrogen and oxygen atoms in total. The third-order valence-electron chi connectivity index (χ3n) is 5.37. The normalized spacial score (nSPS) is 13.9. The maximum absolute atomic E-state index is 13.6. The van der Waals surface area contributed by atoms with Crippen LogP contribution in [0.3, 0.4) is 0 Å². The van der Waals surface area contributed by atoms with Gasteiger partial charge in [-0.1, -0.05) is 12.1 Å². The van der Waals surface area contributed by atoms with E-state index in [4.69, 9.17) is 4.74 Å². The van der Waals surface area contributed by atoms with Gasteiger partial charge in [0, 0.05) is 18.2 Å². The molecule has 1 aromatic carbocycles. The number of hydrogen-bond acceptors (Lipinski definition) is 6. The molecule has 0 fully saturated rings. The van der Waals surface area contributed by atoms with Gasteiger partial charge >= 0.3 is 12.2 Å². The average Bonchev–Trinajstić information content (AvgIpc) is 2.80. The number of urea groups is 1. The Balaban J connectivity index is 1.79. The summed E-state index contributed by atoms with van der Waals surface area (Å²) in [5.41, 5.74) is -1.49. The Morgan fingerprint density at radius 2 is 1.94 bits per heavy atom. The lowest BCUT2D eigenvalue weighted by molar-refractivity contribution is -0.138. The molecule has 188 valence electrons. The predicted molar refractivity (Wildman–Crippen MR) is 127 cm³/mol. The van der Waals surface area contributed by atoms with Crippen LogP contribution in [-0.4, -0.2) is 28.4 Å². The number of carbonyl (C=O) groups excluding carboxylic acids is 2. The summed E-state index contributed by atoms with van der Waals surface area (Å²) in [5, 5.41) is 14.1. The molecule has 0 atom stereocenters. The highest BCUT2D eigenvalue weighted by atomic mass is 19.4. The Labute approximate surface area is 205 Å². The van der Waals surface area contributed by atoms with Crippen LogP contribution >= 0.6 is 0 Å². The maximum Gasteiger partial charge on any atom is 0.416 e. The first-order chi connectivity index (χ1) is 16.9. The first-order valence-electron chi connectivity index (χ1n) is 11.0. The molecule has 0 saturated heterocycles. The number of aryl methyl sites for hydroxylation is 1. The van der Waals surface area contributed by atoms with Crippen LogP contribution in [0.5, 0.6) is 0 Å². The minimum atomic E-state index is -4.72. The van der Waals surface area contributed by atoms with E-state index in [0.29, 0.717) is 29.5 Å². The number of allylic oxidation sites excluding steroid dienone is 3. The molecule has 0 bridgehead atoms. The fourth-order valence-corrected chi connectivity index (χ4v) is 3.53. The third-order valence-corrected chi connectivity index (χ3v) is 5.37. The van der Waals surface area contributed by atoms with Crippen molar-refractivity contribution >= 4 is 28.8 Å². The zero-order valence-electron chi connectivity index (χ0n) is 20.1. The van der Waals surface area contributed by atoms with Crippen LogP contribution in [0.15, 0.2) is 42.3 Å². The number of nitriles is 1. The zero-order valence-corrected chi connectivity index (χ0v) is 20.1. The van der Waals surface area contributed by atoms with E-state index in [1.165, 1.54) is 38.3 Å². The van der Waals surface area contributed by atoms with Crippen molar-refractivity contribution in [3.05, 3.63) is 65.0 Å². The molecular weight excluding hydrogens is 475 g/mol. The second-order valence-corrected chi connectivity index (χ2v) is 8.50. The van der Waals surface area contributed by atoms with Crippen molar-refractivity contribution in [2.24, 2.45) is 0 Å². The number of halogens is 3. The van der Waals surface area contributed by atoms with Gasteiger partial charge in [-0.05, 0) is 45.4 Å². The number of carbonyl (C=O) groups is 2. The molecule has 3 rings (SSSR count). The fourth-order valence-electron chi connectivity index (χ4n) is 3.53. The molecule has 11 heteroatoms. The van der Waals surface area contributed by atoms with E-state index < -0.39 is 23.2 Å². The highest BCUT2D eigenvalue weighted by Crippen LogP contribution is 2.39. The summed E-state index contributed by atoms with van der Waals surface area (Å²) < 4.78 is 46.4. The molecule has 2 N–H and O–H groups in total. The molecule has 2 aromatic rings. The monoisotopic (exact) mass is 499 g/mol. The quantitative estimate of drug-likeness (QED) is 0.540. The largest absolute Gasteiger partial charge is 0.493 e. The summed E-state index contributed by atoms with van der Waals surface area (Å²) in [5.74, 6) is 0.554. The smallest absolute Gasteiger partial charge is 0.416 e. The molecule has 0 radical (unpaired) electrons. The van der Waals surface area contributed by atoms with Crippen molar-refractivity contribution < 1.29 is 27.5 Å². The van der Waals surface area contributed by atoms with Gasteiger partial charge in [0.1, 0.15) is 5.76 Å². The lowest BCUT2D eigenvalue weighted by Gasteiger charge is -2.22. The second-order valence-electron chi connectivity index (χ2n) is 8.50. The fraction of sp³-hybridized carbons (Fsp3) is 0.320. The van der Waals surface area contributed by atoms with E-state index in [1.807, 2.05) is 6.07 Å². The third kappa shape index (κ3) is 5.89. The van der Waals surface area contributed by atoms with Gasteiger partial charge in [0.05, 0.1) is 46.8 Å². The van der Waals surface area contributed by atoms with E-state index in [-0.39, 0.29) is 29.1 Å². The van der Waals surface area contributed by atoms with Gasteiger partial charge in [-0.15, -0.1) is 0 Å². The highest BCUT2D eigenvalue weighted by Gasteiger charge is 2.38. The average molecular weight is 499 g/mol. The van der Waals surface area contributed by atoms with Gasteiger partial charge in [0.2, 0.25) is 0 Å². The minimum Gasteiger partial charge on any atom is -0.493 e. The van der Waals surface area contributed by atoms with Crippen LogP contribution in [0.2, 0.25) is 0 Å². The van der Waals surface area contributed by atoms with Crippen molar-refractivity contribution in [1.29, 1.82) is 5.26 Å². The Bertz CT molecular complexity index is 1310. The van der Waals surface area contributed by atoms with Crippen molar-refractivity contribution in [3.63, 3.8) is 0 Å². The van der Waals surface area contributed by atoms with Gasteiger partial charge < -0.3 is 15.4 Å². The molecule has 0 saturated carbocycles. The number of nitrogens with one attached hydrogen (secondary N) is 2. The van der Waals surface area contributed by atoms with Crippen molar-refractivity contribution in [3.8, 4) is 6.07 Å². The summed E-state index contributed by atoms with van der Waals surface area (Å²) in [6, 6.07) is 4.33. The first-order valence-corrected chi connectivity index (χ1v) is 11.0. The number of hydrogen-bond donors (Lipinski definition) is 2. The highest BCUT2D eigenvalue weighted by molar-refractivity contribution is 6.00. The summed E-state index contributed by atoms with van der Waals surface area (Å²) in [4.78, 5) is 32.8. The molecule has 1 aliphatic rings. The van der Waals surface area contributed by atoms with Gasteiger partial charge in [-0.3, -0.25) is 4.79 Å². The molecule has 0 unspecified atom stereocenters. The number of benzene rings is 1. The Kier molecular flexibility index (Phi) is 7.48. The molecule has 1 heterocycles. The van der Waals surface area contributed by atoms with Gasteiger partial charge in [0.25, 0.3) is 0 Å². The van der Waals surface area contributed by atoms with Gasteiger partial charge in [-0.2, -0.15) is 18.4 Å². The van der Waals surface area contributed by atoms with Gasteiger partial charge in [-0.25, -0.2) is 14.8 Å². The lowest BCUT2D eigenvalue weighted by Crippen LogP contribution is -2.23. The van der Waals surface area contributed by atoms with Gasteiger partial charge in [0.15, 0.2) is 11.6 Å². The molecule has 0 spiro atoms. The second kappa shape index (κ2) is 10.2. The van der Waals surface area contributed by atoms with E-state index >= 15 is 0 Å². The van der Waals surface area contributed by atoms with Crippen LogP contribution in [0.25, 0.3) is 5.57 Å². The van der Waals surface area contributed by atoms with Crippen LogP contribution in [0.4, 0.5) is 29.3 Å². The van der Waals surface area contributed by atoms with Crippen molar-refractivity contribution in [1.82, 2.24) is 9.97 Å². The van der Waals surface area contributed by atoms with Crippen LogP contribution in [0.1, 0.15) is 49.8 Å². The SMILES string of the molecule is CCOC1=CC(=O)CC=C1c1ncc(NC(=O)Nc2ccc(C(C)(C)C#N)c(C(F)(F)F)c2)c(C)n1. The number of anilines is 2. The lowest BCUT2D eigenvalue weighted by atomic mass is 9.83. The number of alkyl halides is 3. The number of ketones is 1. The first kappa shape index (κ1) is 26.4. The number of aromatic nitrogens is 2. The number of nitrogens with zero attached hydrogens (tertiary/aromatic N) is 3. The number of amides is 2. The standard InChI is InChI=1S/C25H24F3N5O3/c1-5-36-21-11-16(34)7-8-17(21)22-30-12-20(14(2)31-22)33-23(35)32-15-6-9-18(24(3,4)13-29)19(10-15)25(26,27)28/h6,8-12H,5,7H2,1-4H3,(H2,32,33,35). The van der Waals surface area contributed by atoms with Crippen LogP contribution < -0.4 is 10.6 Å². The van der Waals surface area contributed by atoms with E-state index in [9.17, 15) is 28.0 Å². The van der Waals surface area contributed by atoms with Crippen LogP contribution in [-0.2, 0) is 21.1 Å². The van der Waals surface area contributed by atoms with E-state index in [2.05, 4.69) is 20.6 Å². The molecular formula is C25H24F3N5O3. The minimum absolute atomic E-state index is 0.101. The summed E-state index contributed by atoms with van der Waals surface area (Å²) in [6.07, 6.45) is -0.128. The molecule has 0 aliphatic heterocycles. The topological polar surface area (TPSA) is 117 Å². The summed E-state index contributed by atoms with van der Waals surface area (Å²) >= 11 is 0. The maximum atomic E-state index is 13.6. The van der Waals surface area contributed by atoms with E-state index in [0.717, 1.165) is 6.07 Å². The molecule has 1 aromatic heterocycles. The molecule has 2 amide bonds. The van der Waals surface area contributed by atoms with Crippen molar-refractivity contribution in [2.45, 2.75) is 45.7 Å². The predicted octanol–water partition coefficient (Wildman–Crippen LogP) is 5.53. The number of ether oxygens (including phenoxy) is 1. The Morgan fingerprint density at radius 3 is 2.56 bits per heavy atom.